The van der Waals surface area contributed by atoms with E-state index in [0.29, 0.717) is 36.9 Å². The molecule has 0 unspecified atom stereocenters. The molecule has 3 heterocycles. The number of amides is 2. The zero-order valence-corrected chi connectivity index (χ0v) is 19.9. The van der Waals surface area contributed by atoms with E-state index in [4.69, 9.17) is 21.1 Å². The Hall–Kier alpha value is -2.09. The van der Waals surface area contributed by atoms with Crippen LogP contribution in [-0.4, -0.2) is 60.6 Å². The molecule has 0 N–H and O–H groups in total. The van der Waals surface area contributed by atoms with Gasteiger partial charge in [0.15, 0.2) is 0 Å². The first-order chi connectivity index (χ1) is 15.5. The lowest BCUT2D eigenvalue weighted by molar-refractivity contribution is -0.143. The third-order valence-electron chi connectivity index (χ3n) is 6.07. The van der Waals surface area contributed by atoms with Gasteiger partial charge in [0.05, 0.1) is 18.7 Å². The number of ether oxygens (including phenoxy) is 2. The Kier molecular flexibility index (Phi) is 7.71. The van der Waals surface area contributed by atoms with Crippen molar-refractivity contribution in [3.63, 3.8) is 0 Å². The number of fused-ring (bicyclic) bond motifs is 1. The number of hydrogen-bond acceptors (Lipinski definition) is 5. The third-order valence-corrected chi connectivity index (χ3v) is 7.31. The molecule has 1 aromatic carbocycles. The molecule has 0 bridgehead atoms. The minimum atomic E-state index is -0.186. The van der Waals surface area contributed by atoms with Gasteiger partial charge < -0.3 is 19.3 Å². The van der Waals surface area contributed by atoms with Crippen LogP contribution in [0.4, 0.5) is 0 Å². The molecule has 1 saturated heterocycles. The summed E-state index contributed by atoms with van der Waals surface area (Å²) >= 11 is 7.69. The second-order valence-corrected chi connectivity index (χ2v) is 9.62. The zero-order valence-electron chi connectivity index (χ0n) is 18.3. The Morgan fingerprint density at radius 1 is 1.28 bits per heavy atom. The summed E-state index contributed by atoms with van der Waals surface area (Å²) < 4.78 is 11.8. The number of nitrogens with zero attached hydrogens (tertiary/aromatic N) is 2. The molecule has 0 saturated carbocycles. The Bertz CT molecular complexity index is 926. The van der Waals surface area contributed by atoms with Crippen LogP contribution in [0.1, 0.15) is 42.7 Å². The summed E-state index contributed by atoms with van der Waals surface area (Å²) in [7, 11) is 0. The first-order valence-electron chi connectivity index (χ1n) is 11.2. The van der Waals surface area contributed by atoms with Crippen molar-refractivity contribution >= 4 is 34.8 Å². The van der Waals surface area contributed by atoms with Crippen molar-refractivity contribution in [2.75, 3.05) is 32.8 Å². The van der Waals surface area contributed by atoms with Gasteiger partial charge in [0.25, 0.3) is 0 Å². The maximum atomic E-state index is 13.4. The summed E-state index contributed by atoms with van der Waals surface area (Å²) in [5.74, 6) is 0.646. The van der Waals surface area contributed by atoms with E-state index in [-0.39, 0.29) is 30.5 Å². The molecule has 0 aliphatic carbocycles. The molecule has 1 aromatic heterocycles. The Balaban J connectivity index is 1.47. The van der Waals surface area contributed by atoms with Crippen molar-refractivity contribution in [2.45, 2.75) is 44.8 Å². The fourth-order valence-electron chi connectivity index (χ4n) is 4.35. The monoisotopic (exact) mass is 476 g/mol. The summed E-state index contributed by atoms with van der Waals surface area (Å²) in [6.45, 7) is 4.07. The Labute approximate surface area is 198 Å². The van der Waals surface area contributed by atoms with E-state index in [2.05, 4.69) is 11.4 Å². The van der Waals surface area contributed by atoms with Crippen molar-refractivity contribution in [1.82, 2.24) is 9.80 Å². The molecule has 32 heavy (non-hydrogen) atoms. The number of halogens is 1. The van der Waals surface area contributed by atoms with Gasteiger partial charge >= 0.3 is 0 Å². The van der Waals surface area contributed by atoms with Crippen LogP contribution in [0.15, 0.2) is 35.7 Å². The van der Waals surface area contributed by atoms with Crippen LogP contribution in [0.25, 0.3) is 0 Å². The van der Waals surface area contributed by atoms with E-state index >= 15 is 0 Å². The van der Waals surface area contributed by atoms with Crippen LogP contribution in [0.3, 0.4) is 0 Å². The molecule has 172 valence electrons. The van der Waals surface area contributed by atoms with Gasteiger partial charge in [0.1, 0.15) is 12.4 Å². The van der Waals surface area contributed by atoms with Gasteiger partial charge in [-0.1, -0.05) is 18.5 Å². The van der Waals surface area contributed by atoms with E-state index < -0.39 is 0 Å². The van der Waals surface area contributed by atoms with E-state index in [1.165, 1.54) is 4.88 Å². The smallest absolute Gasteiger partial charge is 0.242 e. The van der Waals surface area contributed by atoms with E-state index in [9.17, 15) is 9.59 Å². The van der Waals surface area contributed by atoms with E-state index in [0.717, 1.165) is 31.4 Å². The minimum absolute atomic E-state index is 0.0175. The van der Waals surface area contributed by atoms with Crippen molar-refractivity contribution in [2.24, 2.45) is 0 Å². The average Bonchev–Trinajstić information content (AvgIpc) is 3.49. The highest BCUT2D eigenvalue weighted by Crippen LogP contribution is 2.34. The van der Waals surface area contributed by atoms with Crippen LogP contribution < -0.4 is 4.74 Å². The topological polar surface area (TPSA) is 59.1 Å². The van der Waals surface area contributed by atoms with Gasteiger partial charge in [-0.15, -0.1) is 11.3 Å². The average molecular weight is 477 g/mol. The zero-order chi connectivity index (χ0) is 22.5. The van der Waals surface area contributed by atoms with Crippen molar-refractivity contribution in [3.8, 4) is 5.75 Å². The molecule has 2 amide bonds. The van der Waals surface area contributed by atoms with Crippen LogP contribution in [0, 0.1) is 0 Å². The lowest BCUT2D eigenvalue weighted by Crippen LogP contribution is -2.49. The van der Waals surface area contributed by atoms with Crippen LogP contribution in [-0.2, 0) is 20.7 Å². The number of thiophene rings is 1. The molecule has 2 aliphatic heterocycles. The van der Waals surface area contributed by atoms with E-state index in [1.54, 1.807) is 28.4 Å². The Morgan fingerprint density at radius 3 is 2.81 bits per heavy atom. The van der Waals surface area contributed by atoms with Crippen molar-refractivity contribution in [3.05, 3.63) is 51.2 Å². The van der Waals surface area contributed by atoms with E-state index in [1.807, 2.05) is 24.0 Å². The number of carbonyl (C=O) groups excluding carboxylic acids is 2. The van der Waals surface area contributed by atoms with Gasteiger partial charge in [0.2, 0.25) is 11.8 Å². The second kappa shape index (κ2) is 10.7. The molecule has 2 aliphatic rings. The molecule has 0 spiro atoms. The van der Waals surface area contributed by atoms with Gasteiger partial charge in [-0.3, -0.25) is 9.59 Å². The maximum Gasteiger partial charge on any atom is 0.242 e. The predicted octanol–water partition coefficient (Wildman–Crippen LogP) is 4.32. The van der Waals surface area contributed by atoms with Crippen LogP contribution in [0.2, 0.25) is 5.02 Å². The van der Waals surface area contributed by atoms with Gasteiger partial charge in [0, 0.05) is 36.0 Å². The number of carbonyl (C=O) groups is 2. The standard InChI is InChI=1S/C24H29ClN2O4S/c1-2-23(28)26(14-19-4-3-12-30-19)15-24(29)27-11-9-22-20(10-13-32-22)21(27)16-31-18-7-5-17(25)6-8-18/h5-8,10,13,19,21H,2-4,9,11-12,14-16H2,1H3/t19-,21+/m1/s1. The molecule has 6 nitrogen and oxygen atoms in total. The highest BCUT2D eigenvalue weighted by Gasteiger charge is 2.34. The van der Waals surface area contributed by atoms with Crippen LogP contribution in [0.5, 0.6) is 5.75 Å². The fraction of sp³-hybridized carbons (Fsp3) is 0.500. The minimum Gasteiger partial charge on any atom is -0.491 e. The summed E-state index contributed by atoms with van der Waals surface area (Å²) in [4.78, 5) is 30.8. The number of rotatable bonds is 8. The summed E-state index contributed by atoms with van der Waals surface area (Å²) in [5, 5.41) is 2.72. The molecule has 1 fully saturated rings. The summed E-state index contributed by atoms with van der Waals surface area (Å²) in [6, 6.07) is 9.13. The fourth-order valence-corrected chi connectivity index (χ4v) is 5.40. The predicted molar refractivity (Wildman–Crippen MR) is 125 cm³/mol. The van der Waals surface area contributed by atoms with Gasteiger partial charge in [-0.05, 0) is 60.5 Å². The van der Waals surface area contributed by atoms with Crippen LogP contribution >= 0.6 is 22.9 Å². The highest BCUT2D eigenvalue weighted by atomic mass is 35.5. The quantitative estimate of drug-likeness (QED) is 0.569. The molecular formula is C24H29ClN2O4S. The second-order valence-electron chi connectivity index (χ2n) is 8.18. The molecule has 8 heteroatoms. The third kappa shape index (κ3) is 5.45. The normalized spacial score (nSPS) is 20.1. The lowest BCUT2D eigenvalue weighted by Gasteiger charge is -2.37. The first-order valence-corrected chi connectivity index (χ1v) is 12.4. The molecule has 2 aromatic rings. The molecule has 0 radical (unpaired) electrons. The van der Waals surface area contributed by atoms with Gasteiger partial charge in [-0.25, -0.2) is 0 Å². The Morgan fingerprint density at radius 2 is 2.09 bits per heavy atom. The SMILES string of the molecule is CCC(=O)N(CC(=O)N1CCc2sccc2[C@@H]1COc1ccc(Cl)cc1)C[C@H]1CCCO1. The molecule has 4 rings (SSSR count). The highest BCUT2D eigenvalue weighted by molar-refractivity contribution is 7.10. The van der Waals surface area contributed by atoms with Crippen molar-refractivity contribution < 1.29 is 19.1 Å². The maximum absolute atomic E-state index is 13.4. The lowest BCUT2D eigenvalue weighted by atomic mass is 10.0. The van der Waals surface area contributed by atoms with Gasteiger partial charge in [-0.2, -0.15) is 0 Å². The largest absolute Gasteiger partial charge is 0.491 e. The summed E-state index contributed by atoms with van der Waals surface area (Å²) in [6.07, 6.45) is 3.15. The number of hydrogen-bond donors (Lipinski definition) is 0. The first kappa shape index (κ1) is 23.1. The van der Waals surface area contributed by atoms with Crippen molar-refractivity contribution in [1.29, 1.82) is 0 Å². The molecular weight excluding hydrogens is 448 g/mol. The summed E-state index contributed by atoms with van der Waals surface area (Å²) in [5.41, 5.74) is 1.14. The molecule has 2 atom stereocenters. The number of benzene rings is 1.